The quantitative estimate of drug-likeness (QED) is 0.246. The normalized spacial score (nSPS) is 15.7. The largest absolute Gasteiger partial charge is 0.496 e. The highest BCUT2D eigenvalue weighted by Crippen LogP contribution is 2.41. The van der Waals surface area contributed by atoms with Gasteiger partial charge in [-0.15, -0.1) is 0 Å². The first-order valence-electron chi connectivity index (χ1n) is 12.8. The van der Waals surface area contributed by atoms with Crippen molar-refractivity contribution in [2.45, 2.75) is 52.6 Å². The zero-order valence-electron chi connectivity index (χ0n) is 22.4. The number of anilines is 1. The first-order valence-corrected chi connectivity index (χ1v) is 12.8. The van der Waals surface area contributed by atoms with Crippen LogP contribution in [0.3, 0.4) is 0 Å². The maximum Gasteiger partial charge on any atom is 0.341 e. The molecule has 0 aliphatic carbocycles. The number of methoxy groups -OCH3 is 1. The van der Waals surface area contributed by atoms with Gasteiger partial charge in [0.15, 0.2) is 0 Å². The van der Waals surface area contributed by atoms with Crippen LogP contribution in [0.5, 0.6) is 5.75 Å². The molecule has 2 N–H and O–H groups in total. The Labute approximate surface area is 218 Å². The van der Waals surface area contributed by atoms with Crippen LogP contribution < -0.4 is 15.4 Å². The molecular weight excluding hydrogens is 478 g/mol. The van der Waals surface area contributed by atoms with Crippen LogP contribution in [0.2, 0.25) is 0 Å². The molecule has 0 atom stereocenters. The van der Waals surface area contributed by atoms with Crippen molar-refractivity contribution in [3.63, 3.8) is 0 Å². The van der Waals surface area contributed by atoms with Crippen molar-refractivity contribution >= 4 is 23.7 Å². The smallest absolute Gasteiger partial charge is 0.341 e. The molecule has 1 fully saturated rings. The molecule has 0 unspecified atom stereocenters. The lowest BCUT2D eigenvalue weighted by Crippen LogP contribution is -2.36. The minimum Gasteiger partial charge on any atom is -0.496 e. The Kier molecular flexibility index (Phi) is 10.8. The average molecular weight is 518 g/mol. The van der Waals surface area contributed by atoms with Crippen LogP contribution in [0.25, 0.3) is 0 Å². The van der Waals surface area contributed by atoms with Gasteiger partial charge in [-0.1, -0.05) is 11.6 Å². The number of carbonyl (C=O) groups excluding carboxylic acids is 3. The third kappa shape index (κ3) is 7.69. The number of unbranched alkanes of at least 4 members (excludes halogenated alkanes) is 1. The van der Waals surface area contributed by atoms with E-state index in [4.69, 9.17) is 18.9 Å². The van der Waals surface area contributed by atoms with Crippen molar-refractivity contribution in [2.75, 3.05) is 58.9 Å². The number of amides is 2. The van der Waals surface area contributed by atoms with Crippen LogP contribution in [0.4, 0.5) is 10.5 Å². The molecule has 3 rings (SSSR count). The van der Waals surface area contributed by atoms with Gasteiger partial charge in [0.2, 0.25) is 0 Å². The third-order valence-electron chi connectivity index (χ3n) is 6.76. The molecular formula is C27H39N3O7. The number of fused-ring (bicyclic) bond motifs is 1. The molecule has 0 saturated carbocycles. The fraction of sp³-hybridized carbons (Fsp3) is 0.593. The molecule has 0 bridgehead atoms. The average Bonchev–Trinajstić information content (AvgIpc) is 3.29. The van der Waals surface area contributed by atoms with Gasteiger partial charge in [0.05, 0.1) is 38.2 Å². The Balaban J connectivity index is 1.56. The first-order chi connectivity index (χ1) is 17.8. The lowest BCUT2D eigenvalue weighted by Gasteiger charge is -2.26. The Morgan fingerprint density at radius 2 is 1.92 bits per heavy atom. The van der Waals surface area contributed by atoms with Crippen molar-refractivity contribution < 1.29 is 33.3 Å². The topological polar surface area (TPSA) is 115 Å². The fourth-order valence-corrected chi connectivity index (χ4v) is 4.56. The second-order valence-electron chi connectivity index (χ2n) is 9.28. The molecule has 10 heteroatoms. The van der Waals surface area contributed by atoms with Gasteiger partial charge in [-0.3, -0.25) is 9.69 Å². The Hall–Kier alpha value is -3.11. The van der Waals surface area contributed by atoms with Crippen LogP contribution in [-0.2, 0) is 32.0 Å². The van der Waals surface area contributed by atoms with Gasteiger partial charge in [0.25, 0.3) is 0 Å². The van der Waals surface area contributed by atoms with Gasteiger partial charge in [0, 0.05) is 37.7 Å². The van der Waals surface area contributed by atoms with Crippen molar-refractivity contribution in [3.05, 3.63) is 33.9 Å². The molecule has 2 aliphatic rings. The lowest BCUT2D eigenvalue weighted by atomic mass is 9.93. The lowest BCUT2D eigenvalue weighted by molar-refractivity contribution is -0.143. The molecule has 2 amide bonds. The van der Waals surface area contributed by atoms with Crippen LogP contribution in [0.15, 0.2) is 11.6 Å². The van der Waals surface area contributed by atoms with Crippen LogP contribution in [0.1, 0.15) is 59.7 Å². The SMILES string of the molecule is CNC(=O)Nc1c(C/C=C(\C)CCC(=O)OCCCCN2CCOCC2)c(OC)c(C)c2c1C(=O)OC2. The van der Waals surface area contributed by atoms with Crippen LogP contribution >= 0.6 is 0 Å². The molecule has 0 radical (unpaired) electrons. The van der Waals surface area contributed by atoms with Gasteiger partial charge < -0.3 is 29.6 Å². The number of urea groups is 1. The zero-order chi connectivity index (χ0) is 26.8. The number of allylic oxidation sites excluding steroid dienone is 2. The number of esters is 2. The summed E-state index contributed by atoms with van der Waals surface area (Å²) in [7, 11) is 3.07. The number of benzene rings is 1. The van der Waals surface area contributed by atoms with E-state index in [-0.39, 0.29) is 12.6 Å². The number of hydrogen-bond donors (Lipinski definition) is 2. The number of hydrogen-bond acceptors (Lipinski definition) is 8. The summed E-state index contributed by atoms with van der Waals surface area (Å²) < 4.78 is 21.7. The molecule has 1 aromatic rings. The van der Waals surface area contributed by atoms with Crippen molar-refractivity contribution in [3.8, 4) is 5.75 Å². The molecule has 10 nitrogen and oxygen atoms in total. The summed E-state index contributed by atoms with van der Waals surface area (Å²) in [6, 6.07) is -0.442. The highest BCUT2D eigenvalue weighted by molar-refractivity contribution is 6.05. The predicted molar refractivity (Wildman–Crippen MR) is 139 cm³/mol. The molecule has 1 aromatic carbocycles. The Morgan fingerprint density at radius 1 is 1.16 bits per heavy atom. The summed E-state index contributed by atoms with van der Waals surface area (Å²) >= 11 is 0. The number of ether oxygens (including phenoxy) is 4. The third-order valence-corrected chi connectivity index (χ3v) is 6.76. The Bertz CT molecular complexity index is 1020. The molecule has 0 aromatic heterocycles. The van der Waals surface area contributed by atoms with E-state index in [0.29, 0.717) is 54.0 Å². The zero-order valence-corrected chi connectivity index (χ0v) is 22.4. The van der Waals surface area contributed by atoms with E-state index in [0.717, 1.165) is 56.8 Å². The predicted octanol–water partition coefficient (Wildman–Crippen LogP) is 3.35. The number of morpholine rings is 1. The fourth-order valence-electron chi connectivity index (χ4n) is 4.56. The maximum absolute atomic E-state index is 12.5. The van der Waals surface area contributed by atoms with Crippen molar-refractivity contribution in [2.24, 2.45) is 0 Å². The van der Waals surface area contributed by atoms with E-state index >= 15 is 0 Å². The van der Waals surface area contributed by atoms with E-state index in [1.54, 1.807) is 7.11 Å². The number of carbonyl (C=O) groups is 3. The standard InChI is InChI=1S/C27H39N3O7/c1-18(8-10-22(31)36-14-6-5-11-30-12-15-35-16-13-30)7-9-20-24(29-27(33)28-3)23-21(17-37-26(23)32)19(2)25(20)34-4/h7H,5-6,8-17H2,1-4H3,(H2,28,29,33)/b18-7+. The minimum absolute atomic E-state index is 0.142. The van der Waals surface area contributed by atoms with Gasteiger partial charge in [0.1, 0.15) is 12.4 Å². The van der Waals surface area contributed by atoms with Crippen molar-refractivity contribution in [1.82, 2.24) is 10.2 Å². The monoisotopic (exact) mass is 517 g/mol. The van der Waals surface area contributed by atoms with E-state index in [9.17, 15) is 14.4 Å². The van der Waals surface area contributed by atoms with E-state index < -0.39 is 12.0 Å². The van der Waals surface area contributed by atoms with Crippen LogP contribution in [-0.4, -0.2) is 76.5 Å². The summed E-state index contributed by atoms with van der Waals surface area (Å²) in [6.07, 6.45) is 5.08. The summed E-state index contributed by atoms with van der Waals surface area (Å²) in [5.74, 6) is -0.0828. The van der Waals surface area contributed by atoms with Crippen molar-refractivity contribution in [1.29, 1.82) is 0 Å². The number of rotatable bonds is 12. The van der Waals surface area contributed by atoms with Gasteiger partial charge in [-0.25, -0.2) is 9.59 Å². The summed E-state index contributed by atoms with van der Waals surface area (Å²) in [6.45, 7) is 8.92. The molecule has 204 valence electrons. The molecule has 2 aliphatic heterocycles. The van der Waals surface area contributed by atoms with Gasteiger partial charge in [-0.2, -0.15) is 0 Å². The Morgan fingerprint density at radius 3 is 2.62 bits per heavy atom. The number of nitrogens with zero attached hydrogens (tertiary/aromatic N) is 1. The van der Waals surface area contributed by atoms with E-state index in [2.05, 4.69) is 15.5 Å². The molecule has 2 heterocycles. The maximum atomic E-state index is 12.5. The van der Waals surface area contributed by atoms with Gasteiger partial charge in [-0.05, 0) is 51.6 Å². The first kappa shape index (κ1) is 28.5. The second kappa shape index (κ2) is 14.0. The minimum atomic E-state index is -0.471. The molecule has 37 heavy (non-hydrogen) atoms. The summed E-state index contributed by atoms with van der Waals surface area (Å²) in [5, 5.41) is 5.30. The molecule has 0 spiro atoms. The van der Waals surface area contributed by atoms with Gasteiger partial charge >= 0.3 is 18.0 Å². The van der Waals surface area contributed by atoms with E-state index in [1.807, 2.05) is 19.9 Å². The van der Waals surface area contributed by atoms with E-state index in [1.165, 1.54) is 7.05 Å². The summed E-state index contributed by atoms with van der Waals surface area (Å²) in [4.78, 5) is 39.2. The number of cyclic esters (lactones) is 1. The molecule has 1 saturated heterocycles. The highest BCUT2D eigenvalue weighted by atomic mass is 16.5. The highest BCUT2D eigenvalue weighted by Gasteiger charge is 2.32. The second-order valence-corrected chi connectivity index (χ2v) is 9.28. The van der Waals surface area contributed by atoms with Crippen LogP contribution in [0, 0.1) is 6.92 Å². The summed E-state index contributed by atoms with van der Waals surface area (Å²) in [5.41, 5.74) is 3.95. The number of nitrogens with one attached hydrogen (secondary N) is 2.